The van der Waals surface area contributed by atoms with Crippen LogP contribution in [0.25, 0.3) is 0 Å². The summed E-state index contributed by atoms with van der Waals surface area (Å²) < 4.78 is 1.13. The molecular formula is C15H16Cl2OS. The molecule has 1 heterocycles. The van der Waals surface area contributed by atoms with Gasteiger partial charge in [-0.3, -0.25) is 0 Å². The molecule has 1 N–H and O–H groups in total. The lowest BCUT2D eigenvalue weighted by Gasteiger charge is -2.20. The van der Waals surface area contributed by atoms with Crippen LogP contribution in [-0.4, -0.2) is 5.11 Å². The maximum Gasteiger partial charge on any atom is 0.106 e. The number of hydrogen-bond acceptors (Lipinski definition) is 2. The highest BCUT2D eigenvalue weighted by Crippen LogP contribution is 2.37. The van der Waals surface area contributed by atoms with Gasteiger partial charge in [0.1, 0.15) is 10.4 Å². The summed E-state index contributed by atoms with van der Waals surface area (Å²) in [6, 6.07) is 9.68. The second-order valence-electron chi connectivity index (χ2n) is 5.55. The molecule has 19 heavy (non-hydrogen) atoms. The molecule has 0 aliphatic carbocycles. The normalized spacial score (nSPS) is 13.6. The van der Waals surface area contributed by atoms with Crippen molar-refractivity contribution in [1.29, 1.82) is 0 Å². The smallest absolute Gasteiger partial charge is 0.106 e. The lowest BCUT2D eigenvalue weighted by molar-refractivity contribution is 0.221. The van der Waals surface area contributed by atoms with Crippen molar-refractivity contribution in [2.45, 2.75) is 32.3 Å². The Morgan fingerprint density at radius 2 is 1.68 bits per heavy atom. The van der Waals surface area contributed by atoms with E-state index in [2.05, 4.69) is 20.8 Å². The van der Waals surface area contributed by atoms with Gasteiger partial charge in [-0.2, -0.15) is 0 Å². The first-order valence-corrected chi connectivity index (χ1v) is 7.59. The zero-order valence-electron chi connectivity index (χ0n) is 11.1. The van der Waals surface area contributed by atoms with E-state index in [0.29, 0.717) is 14.2 Å². The molecule has 4 heteroatoms. The van der Waals surface area contributed by atoms with Crippen molar-refractivity contribution < 1.29 is 5.11 Å². The number of thiophene rings is 1. The third-order valence-corrected chi connectivity index (χ3v) is 4.59. The second-order valence-corrected chi connectivity index (χ2v) is 7.84. The van der Waals surface area contributed by atoms with E-state index in [9.17, 15) is 5.11 Å². The Morgan fingerprint density at radius 3 is 2.11 bits per heavy atom. The molecule has 0 aliphatic heterocycles. The number of benzene rings is 1. The Kier molecular flexibility index (Phi) is 4.26. The fourth-order valence-electron chi connectivity index (χ4n) is 1.88. The Hall–Kier alpha value is -0.540. The Balaban J connectivity index is 2.30. The van der Waals surface area contributed by atoms with E-state index in [1.807, 2.05) is 24.3 Å². The van der Waals surface area contributed by atoms with E-state index in [1.54, 1.807) is 6.07 Å². The molecule has 0 bridgehead atoms. The number of hydrogen-bond donors (Lipinski definition) is 1. The highest BCUT2D eigenvalue weighted by atomic mass is 35.5. The van der Waals surface area contributed by atoms with Crippen molar-refractivity contribution in [3.05, 3.63) is 55.7 Å². The van der Waals surface area contributed by atoms with E-state index < -0.39 is 6.10 Å². The fraction of sp³-hybridized carbons (Fsp3) is 0.333. The van der Waals surface area contributed by atoms with Crippen LogP contribution in [-0.2, 0) is 5.41 Å². The summed E-state index contributed by atoms with van der Waals surface area (Å²) in [6.07, 6.45) is -0.731. The summed E-state index contributed by atoms with van der Waals surface area (Å²) in [7, 11) is 0. The monoisotopic (exact) mass is 314 g/mol. The van der Waals surface area contributed by atoms with Crippen molar-refractivity contribution in [2.75, 3.05) is 0 Å². The van der Waals surface area contributed by atoms with Crippen LogP contribution in [0.4, 0.5) is 0 Å². The van der Waals surface area contributed by atoms with E-state index >= 15 is 0 Å². The molecule has 0 saturated heterocycles. The molecule has 0 saturated carbocycles. The Morgan fingerprint density at radius 1 is 1.11 bits per heavy atom. The molecule has 1 atom stereocenters. The number of aliphatic hydroxyl groups is 1. The number of rotatable bonds is 2. The molecular weight excluding hydrogens is 299 g/mol. The average Bonchev–Trinajstić information content (AvgIpc) is 2.66. The molecule has 0 spiro atoms. The Bertz CT molecular complexity index is 567. The molecule has 2 rings (SSSR count). The fourth-order valence-corrected chi connectivity index (χ4v) is 3.40. The van der Waals surface area contributed by atoms with Gasteiger partial charge in [0, 0.05) is 5.56 Å². The zero-order valence-corrected chi connectivity index (χ0v) is 13.4. The van der Waals surface area contributed by atoms with E-state index in [4.69, 9.17) is 23.2 Å². The van der Waals surface area contributed by atoms with Crippen LogP contribution >= 0.6 is 34.5 Å². The molecule has 1 nitrogen and oxygen atoms in total. The molecule has 1 aromatic carbocycles. The second kappa shape index (κ2) is 5.45. The maximum absolute atomic E-state index is 10.3. The van der Waals surface area contributed by atoms with Crippen molar-refractivity contribution >= 4 is 34.5 Å². The lowest BCUT2D eigenvalue weighted by atomic mass is 9.86. The van der Waals surface area contributed by atoms with Gasteiger partial charge in [0.25, 0.3) is 0 Å². The summed E-state index contributed by atoms with van der Waals surface area (Å²) in [4.78, 5) is 0. The average molecular weight is 315 g/mol. The first-order chi connectivity index (χ1) is 8.79. The minimum absolute atomic E-state index is 0.104. The first kappa shape index (κ1) is 14.9. The van der Waals surface area contributed by atoms with Gasteiger partial charge in [-0.25, -0.2) is 0 Å². The molecule has 0 fully saturated rings. The quantitative estimate of drug-likeness (QED) is 0.783. The van der Waals surface area contributed by atoms with E-state index in [0.717, 1.165) is 5.56 Å². The highest BCUT2D eigenvalue weighted by Gasteiger charge is 2.18. The summed E-state index contributed by atoms with van der Waals surface area (Å²) in [5.74, 6) is 0. The minimum atomic E-state index is -0.731. The maximum atomic E-state index is 10.3. The van der Waals surface area contributed by atoms with Crippen molar-refractivity contribution in [2.24, 2.45) is 0 Å². The van der Waals surface area contributed by atoms with Gasteiger partial charge < -0.3 is 5.11 Å². The molecule has 0 aliphatic rings. The third-order valence-electron chi connectivity index (χ3n) is 3.07. The first-order valence-electron chi connectivity index (χ1n) is 6.02. The topological polar surface area (TPSA) is 20.2 Å². The molecule has 0 radical (unpaired) electrons. The molecule has 0 amide bonds. The van der Waals surface area contributed by atoms with Gasteiger partial charge in [-0.1, -0.05) is 68.2 Å². The van der Waals surface area contributed by atoms with Gasteiger partial charge in [0.15, 0.2) is 0 Å². The predicted octanol–water partition coefficient (Wildman–Crippen LogP) is 5.43. The van der Waals surface area contributed by atoms with Gasteiger partial charge >= 0.3 is 0 Å². The van der Waals surface area contributed by atoms with Gasteiger partial charge in [-0.05, 0) is 22.6 Å². The minimum Gasteiger partial charge on any atom is -0.384 e. The van der Waals surface area contributed by atoms with E-state index in [1.165, 1.54) is 16.9 Å². The summed E-state index contributed by atoms with van der Waals surface area (Å²) in [5, 5.41) is 10.3. The van der Waals surface area contributed by atoms with Crippen molar-refractivity contribution in [1.82, 2.24) is 0 Å². The van der Waals surface area contributed by atoms with Crippen LogP contribution in [0.15, 0.2) is 30.3 Å². The summed E-state index contributed by atoms with van der Waals surface area (Å²) >= 11 is 13.2. The van der Waals surface area contributed by atoms with Gasteiger partial charge in [-0.15, -0.1) is 11.3 Å². The van der Waals surface area contributed by atoms with Crippen LogP contribution in [0.1, 0.15) is 43.6 Å². The summed E-state index contributed by atoms with van der Waals surface area (Å²) in [6.45, 7) is 6.48. The zero-order chi connectivity index (χ0) is 14.2. The standard InChI is InChI=1S/C15H16Cl2OS/c1-15(2,3)10-6-4-9(5-7-10)13(18)11-8-12(16)19-14(11)17/h4-8,13,18H,1-3H3. The molecule has 102 valence electrons. The number of aliphatic hydroxyl groups excluding tert-OH is 1. The lowest BCUT2D eigenvalue weighted by Crippen LogP contribution is -2.11. The number of halogens is 2. The molecule has 2 aromatic rings. The van der Waals surface area contributed by atoms with Gasteiger partial charge in [0.05, 0.1) is 4.34 Å². The van der Waals surface area contributed by atoms with Crippen LogP contribution in [0, 0.1) is 0 Å². The summed E-state index contributed by atoms with van der Waals surface area (Å²) in [5.41, 5.74) is 2.83. The molecule has 1 aromatic heterocycles. The van der Waals surface area contributed by atoms with E-state index in [-0.39, 0.29) is 5.41 Å². The highest BCUT2D eigenvalue weighted by molar-refractivity contribution is 7.20. The third kappa shape index (κ3) is 3.32. The van der Waals surface area contributed by atoms with Crippen LogP contribution in [0.5, 0.6) is 0 Å². The Labute approximate surface area is 127 Å². The van der Waals surface area contributed by atoms with Crippen molar-refractivity contribution in [3.8, 4) is 0 Å². The predicted molar refractivity (Wildman–Crippen MR) is 83.5 cm³/mol. The molecule has 1 unspecified atom stereocenters. The largest absolute Gasteiger partial charge is 0.384 e. The van der Waals surface area contributed by atoms with Crippen LogP contribution < -0.4 is 0 Å². The van der Waals surface area contributed by atoms with Crippen LogP contribution in [0.3, 0.4) is 0 Å². The van der Waals surface area contributed by atoms with Crippen molar-refractivity contribution in [3.63, 3.8) is 0 Å². The van der Waals surface area contributed by atoms with Gasteiger partial charge in [0.2, 0.25) is 0 Å². The SMILES string of the molecule is CC(C)(C)c1ccc(C(O)c2cc(Cl)sc2Cl)cc1. The van der Waals surface area contributed by atoms with Crippen LogP contribution in [0.2, 0.25) is 8.67 Å².